The number of carbonyl (C=O) groups is 1. The van der Waals surface area contributed by atoms with E-state index in [-0.39, 0.29) is 10.8 Å². The Hall–Kier alpha value is -3.52. The predicted molar refractivity (Wildman–Crippen MR) is 119 cm³/mol. The minimum Gasteiger partial charge on any atom is -0.497 e. The quantitative estimate of drug-likeness (QED) is 0.528. The second kappa shape index (κ2) is 9.99. The third-order valence-electron chi connectivity index (χ3n) is 4.46. The van der Waals surface area contributed by atoms with Crippen LogP contribution in [0.2, 0.25) is 0 Å². The van der Waals surface area contributed by atoms with Crippen molar-refractivity contribution in [3.8, 4) is 11.5 Å². The Labute approximate surface area is 182 Å². The van der Waals surface area contributed by atoms with Crippen LogP contribution < -0.4 is 19.5 Å². The summed E-state index contributed by atoms with van der Waals surface area (Å²) in [5.74, 6) is 1.10. The van der Waals surface area contributed by atoms with Crippen molar-refractivity contribution in [1.82, 2.24) is 5.32 Å². The van der Waals surface area contributed by atoms with Crippen molar-refractivity contribution in [1.29, 1.82) is 0 Å². The monoisotopic (exact) mass is 440 g/mol. The molecular weight excluding hydrogens is 416 g/mol. The van der Waals surface area contributed by atoms with E-state index in [1.54, 1.807) is 36.4 Å². The third-order valence-corrected chi connectivity index (χ3v) is 5.85. The molecule has 0 fully saturated rings. The van der Waals surface area contributed by atoms with Crippen molar-refractivity contribution in [2.45, 2.75) is 18.4 Å². The average Bonchev–Trinajstić information content (AvgIpc) is 2.79. The van der Waals surface area contributed by atoms with E-state index < -0.39 is 10.0 Å². The van der Waals surface area contributed by atoms with Crippen molar-refractivity contribution in [3.05, 3.63) is 83.9 Å². The van der Waals surface area contributed by atoms with Gasteiger partial charge in [0.2, 0.25) is 0 Å². The highest BCUT2D eigenvalue weighted by Crippen LogP contribution is 2.19. The molecule has 0 spiro atoms. The summed E-state index contributed by atoms with van der Waals surface area (Å²) in [4.78, 5) is 12.5. The Morgan fingerprint density at radius 3 is 2.06 bits per heavy atom. The minimum absolute atomic E-state index is 0.116. The van der Waals surface area contributed by atoms with E-state index >= 15 is 0 Å². The number of hydrogen-bond donors (Lipinski definition) is 2. The van der Waals surface area contributed by atoms with E-state index in [1.165, 1.54) is 19.2 Å². The summed E-state index contributed by atoms with van der Waals surface area (Å²) >= 11 is 0. The summed E-state index contributed by atoms with van der Waals surface area (Å²) in [6, 6.07) is 19.8. The highest BCUT2D eigenvalue weighted by molar-refractivity contribution is 7.92. The average molecular weight is 441 g/mol. The van der Waals surface area contributed by atoms with Crippen LogP contribution >= 0.6 is 0 Å². The first kappa shape index (κ1) is 22.2. The number of benzene rings is 3. The maximum Gasteiger partial charge on any atom is 0.261 e. The molecule has 7 nitrogen and oxygen atoms in total. The number of carbonyl (C=O) groups excluding carboxylic acids is 1. The number of ether oxygens (including phenoxy) is 2. The molecule has 0 aromatic heterocycles. The van der Waals surface area contributed by atoms with Gasteiger partial charge < -0.3 is 14.8 Å². The lowest BCUT2D eigenvalue weighted by Gasteiger charge is -2.10. The summed E-state index contributed by atoms with van der Waals surface area (Å²) in [6.07, 6.45) is 0. The first-order chi connectivity index (χ1) is 14.9. The van der Waals surface area contributed by atoms with E-state index in [1.807, 2.05) is 31.2 Å². The number of nitrogens with one attached hydrogen (secondary N) is 2. The molecule has 0 aliphatic heterocycles. The Bertz CT molecular complexity index is 1110. The van der Waals surface area contributed by atoms with Gasteiger partial charge in [0.15, 0.2) is 0 Å². The van der Waals surface area contributed by atoms with Crippen molar-refractivity contribution >= 4 is 21.6 Å². The predicted octanol–water partition coefficient (Wildman–Crippen LogP) is 3.82. The van der Waals surface area contributed by atoms with Gasteiger partial charge in [-0.2, -0.15) is 0 Å². The zero-order chi connectivity index (χ0) is 22.3. The fraction of sp³-hybridized carbons (Fsp3) is 0.174. The molecule has 0 heterocycles. The van der Waals surface area contributed by atoms with E-state index in [4.69, 9.17) is 9.47 Å². The lowest BCUT2D eigenvalue weighted by molar-refractivity contribution is 0.0951. The van der Waals surface area contributed by atoms with Crippen LogP contribution in [0, 0.1) is 0 Å². The van der Waals surface area contributed by atoms with Crippen molar-refractivity contribution in [2.75, 3.05) is 18.4 Å². The van der Waals surface area contributed by atoms with Crippen molar-refractivity contribution in [2.24, 2.45) is 0 Å². The molecule has 3 rings (SSSR count). The molecule has 162 valence electrons. The maximum atomic E-state index is 12.5. The van der Waals surface area contributed by atoms with Crippen molar-refractivity contribution in [3.63, 3.8) is 0 Å². The maximum absolute atomic E-state index is 12.5. The van der Waals surface area contributed by atoms with Gasteiger partial charge in [0.25, 0.3) is 15.9 Å². The van der Waals surface area contributed by atoms with E-state index in [0.717, 1.165) is 11.3 Å². The zero-order valence-corrected chi connectivity index (χ0v) is 18.1. The second-order valence-corrected chi connectivity index (χ2v) is 8.30. The molecule has 8 heteroatoms. The van der Waals surface area contributed by atoms with Gasteiger partial charge in [0, 0.05) is 17.8 Å². The molecule has 0 saturated carbocycles. The molecule has 31 heavy (non-hydrogen) atoms. The summed E-state index contributed by atoms with van der Waals surface area (Å²) in [6.45, 7) is 2.89. The SMILES string of the molecule is CCOc1ccc(CNC(=O)c2ccc(NS(=O)(=O)c3ccc(OC)cc3)cc2)cc1. The Kier molecular flexibility index (Phi) is 7.15. The molecule has 0 aliphatic rings. The van der Waals surface area contributed by atoms with Crippen LogP contribution in [0.1, 0.15) is 22.8 Å². The van der Waals surface area contributed by atoms with Crippen LogP contribution in [0.25, 0.3) is 0 Å². The van der Waals surface area contributed by atoms with Crippen LogP contribution in [-0.4, -0.2) is 28.0 Å². The summed E-state index contributed by atoms with van der Waals surface area (Å²) in [5.41, 5.74) is 1.73. The number of anilines is 1. The van der Waals surface area contributed by atoms with Gasteiger partial charge in [-0.1, -0.05) is 12.1 Å². The normalized spacial score (nSPS) is 10.9. The summed E-state index contributed by atoms with van der Waals surface area (Å²) < 4.78 is 37.9. The van der Waals surface area contributed by atoms with Gasteiger partial charge in [-0.3, -0.25) is 9.52 Å². The smallest absolute Gasteiger partial charge is 0.261 e. The molecule has 0 bridgehead atoms. The first-order valence-corrected chi connectivity index (χ1v) is 11.2. The Morgan fingerprint density at radius 1 is 0.871 bits per heavy atom. The highest BCUT2D eigenvalue weighted by atomic mass is 32.2. The van der Waals surface area contributed by atoms with Gasteiger partial charge >= 0.3 is 0 Å². The van der Waals surface area contributed by atoms with Crippen LogP contribution in [-0.2, 0) is 16.6 Å². The van der Waals surface area contributed by atoms with Crippen LogP contribution in [0.5, 0.6) is 11.5 Å². The van der Waals surface area contributed by atoms with Gasteiger partial charge in [0.1, 0.15) is 11.5 Å². The molecule has 3 aromatic carbocycles. The molecule has 0 atom stereocenters. The van der Waals surface area contributed by atoms with Crippen molar-refractivity contribution < 1.29 is 22.7 Å². The Balaban J connectivity index is 1.59. The highest BCUT2D eigenvalue weighted by Gasteiger charge is 2.14. The molecule has 3 aromatic rings. The number of sulfonamides is 1. The van der Waals surface area contributed by atoms with E-state index in [2.05, 4.69) is 10.0 Å². The van der Waals surface area contributed by atoms with Gasteiger partial charge in [-0.15, -0.1) is 0 Å². The molecule has 0 unspecified atom stereocenters. The molecular formula is C23H24N2O5S. The zero-order valence-electron chi connectivity index (χ0n) is 17.3. The van der Waals surface area contributed by atoms with Crippen LogP contribution in [0.3, 0.4) is 0 Å². The molecule has 1 amide bonds. The molecule has 2 N–H and O–H groups in total. The topological polar surface area (TPSA) is 93.7 Å². The summed E-state index contributed by atoms with van der Waals surface area (Å²) in [5, 5.41) is 2.84. The van der Waals surface area contributed by atoms with Crippen LogP contribution in [0.15, 0.2) is 77.7 Å². The minimum atomic E-state index is -3.74. The third kappa shape index (κ3) is 5.99. The fourth-order valence-electron chi connectivity index (χ4n) is 2.81. The number of hydrogen-bond acceptors (Lipinski definition) is 5. The number of rotatable bonds is 9. The van der Waals surface area contributed by atoms with E-state index in [9.17, 15) is 13.2 Å². The van der Waals surface area contributed by atoms with Gasteiger partial charge in [-0.05, 0) is 73.2 Å². The standard InChI is InChI=1S/C23H24N2O5S/c1-3-30-21-10-4-17(5-11-21)16-24-23(26)18-6-8-19(9-7-18)25-31(27,28)22-14-12-20(29-2)13-15-22/h4-15,25H,3,16H2,1-2H3,(H,24,26). The lowest BCUT2D eigenvalue weighted by Crippen LogP contribution is -2.22. The fourth-order valence-corrected chi connectivity index (χ4v) is 3.87. The lowest BCUT2D eigenvalue weighted by atomic mass is 10.2. The summed E-state index contributed by atoms with van der Waals surface area (Å²) in [7, 11) is -2.23. The second-order valence-electron chi connectivity index (χ2n) is 6.62. The van der Waals surface area contributed by atoms with Crippen LogP contribution in [0.4, 0.5) is 5.69 Å². The molecule has 0 aliphatic carbocycles. The van der Waals surface area contributed by atoms with Gasteiger partial charge in [-0.25, -0.2) is 8.42 Å². The first-order valence-electron chi connectivity index (χ1n) is 9.68. The number of amides is 1. The number of methoxy groups -OCH3 is 1. The van der Waals surface area contributed by atoms with E-state index in [0.29, 0.717) is 30.2 Å². The molecule has 0 radical (unpaired) electrons. The van der Waals surface area contributed by atoms with Gasteiger partial charge in [0.05, 0.1) is 18.6 Å². The Morgan fingerprint density at radius 2 is 1.48 bits per heavy atom. The molecule has 0 saturated heterocycles. The largest absolute Gasteiger partial charge is 0.497 e.